The Balaban J connectivity index is 2.74. The van der Waals surface area contributed by atoms with Gasteiger partial charge in [0.25, 0.3) is 11.8 Å². The first-order valence-electron chi connectivity index (χ1n) is 2.71. The summed E-state index contributed by atoms with van der Waals surface area (Å²) >= 11 is 0. The molecule has 1 atom stereocenters. The van der Waals surface area contributed by atoms with E-state index in [0.717, 1.165) is 0 Å². The predicted octanol–water partition coefficient (Wildman–Crippen LogP) is -1.36. The highest BCUT2D eigenvalue weighted by Crippen LogP contribution is 2.07. The summed E-state index contributed by atoms with van der Waals surface area (Å²) < 4.78 is 4.50. The highest BCUT2D eigenvalue weighted by Gasteiger charge is 2.11. The first-order chi connectivity index (χ1) is 4.74. The SMILES string of the molecule is NC[C@H](O)c1nc(N)no1. The number of rotatable bonds is 2. The number of aromatic nitrogens is 2. The maximum atomic E-state index is 8.97. The van der Waals surface area contributed by atoms with E-state index in [2.05, 4.69) is 14.7 Å². The molecule has 0 aliphatic heterocycles. The Morgan fingerprint density at radius 1 is 1.70 bits per heavy atom. The van der Waals surface area contributed by atoms with Crippen molar-refractivity contribution in [2.45, 2.75) is 6.10 Å². The number of aliphatic hydroxyl groups excluding tert-OH is 1. The average molecular weight is 144 g/mol. The molecule has 0 spiro atoms. The lowest BCUT2D eigenvalue weighted by Gasteiger charge is -1.97. The largest absolute Gasteiger partial charge is 0.382 e. The molecule has 0 fully saturated rings. The van der Waals surface area contributed by atoms with E-state index in [4.69, 9.17) is 16.6 Å². The molecule has 1 heterocycles. The van der Waals surface area contributed by atoms with Gasteiger partial charge in [-0.05, 0) is 5.16 Å². The molecule has 0 saturated carbocycles. The van der Waals surface area contributed by atoms with Crippen LogP contribution in [0.2, 0.25) is 0 Å². The zero-order chi connectivity index (χ0) is 7.56. The van der Waals surface area contributed by atoms with Crippen LogP contribution in [0.25, 0.3) is 0 Å². The lowest BCUT2D eigenvalue weighted by atomic mass is 10.4. The summed E-state index contributed by atoms with van der Waals surface area (Å²) in [6.07, 6.45) is -0.912. The highest BCUT2D eigenvalue weighted by atomic mass is 16.5. The molecule has 0 unspecified atom stereocenters. The van der Waals surface area contributed by atoms with E-state index in [9.17, 15) is 0 Å². The second-order valence-electron chi connectivity index (χ2n) is 1.74. The zero-order valence-electron chi connectivity index (χ0n) is 5.19. The molecule has 0 radical (unpaired) electrons. The second kappa shape index (κ2) is 2.63. The van der Waals surface area contributed by atoms with Gasteiger partial charge in [0.2, 0.25) is 0 Å². The molecule has 1 aromatic rings. The minimum absolute atomic E-state index is 0.00231. The molecule has 0 amide bonds. The lowest BCUT2D eigenvalue weighted by molar-refractivity contribution is 0.141. The zero-order valence-corrected chi connectivity index (χ0v) is 5.19. The second-order valence-corrected chi connectivity index (χ2v) is 1.74. The minimum atomic E-state index is -0.912. The fraction of sp³-hybridized carbons (Fsp3) is 0.500. The van der Waals surface area contributed by atoms with Crippen molar-refractivity contribution in [3.8, 4) is 0 Å². The molecular formula is C4H8N4O2. The van der Waals surface area contributed by atoms with Crippen molar-refractivity contribution < 1.29 is 9.63 Å². The molecule has 0 aliphatic rings. The van der Waals surface area contributed by atoms with E-state index in [0.29, 0.717) is 0 Å². The monoisotopic (exact) mass is 144 g/mol. The molecule has 0 aromatic carbocycles. The Morgan fingerprint density at radius 3 is 2.80 bits per heavy atom. The van der Waals surface area contributed by atoms with Crippen molar-refractivity contribution in [3.63, 3.8) is 0 Å². The van der Waals surface area contributed by atoms with E-state index >= 15 is 0 Å². The summed E-state index contributed by atoms with van der Waals surface area (Å²) in [6, 6.07) is 0. The van der Waals surface area contributed by atoms with Crippen LogP contribution in [0, 0.1) is 0 Å². The summed E-state index contributed by atoms with van der Waals surface area (Å²) in [5.74, 6) is 0.0579. The van der Waals surface area contributed by atoms with Crippen molar-refractivity contribution in [1.82, 2.24) is 10.1 Å². The van der Waals surface area contributed by atoms with E-state index in [1.165, 1.54) is 0 Å². The van der Waals surface area contributed by atoms with Crippen molar-refractivity contribution in [1.29, 1.82) is 0 Å². The molecule has 10 heavy (non-hydrogen) atoms. The van der Waals surface area contributed by atoms with Crippen LogP contribution in [-0.2, 0) is 0 Å². The van der Waals surface area contributed by atoms with Gasteiger partial charge in [0.1, 0.15) is 6.10 Å². The van der Waals surface area contributed by atoms with E-state index in [1.807, 2.05) is 0 Å². The van der Waals surface area contributed by atoms with Gasteiger partial charge in [0.05, 0.1) is 0 Å². The number of anilines is 1. The Labute approximate surface area is 56.8 Å². The molecule has 0 bridgehead atoms. The van der Waals surface area contributed by atoms with Crippen LogP contribution in [0.1, 0.15) is 12.0 Å². The van der Waals surface area contributed by atoms with Gasteiger partial charge in [0, 0.05) is 6.54 Å². The maximum Gasteiger partial charge on any atom is 0.260 e. The normalized spacial score (nSPS) is 13.4. The Kier molecular flexibility index (Phi) is 1.83. The van der Waals surface area contributed by atoms with Crippen LogP contribution in [0.15, 0.2) is 4.52 Å². The number of nitrogens with two attached hydrogens (primary N) is 2. The molecule has 0 saturated heterocycles. The fourth-order valence-electron chi connectivity index (χ4n) is 0.483. The van der Waals surface area contributed by atoms with Gasteiger partial charge in [-0.15, -0.1) is 0 Å². The molecular weight excluding hydrogens is 136 g/mol. The van der Waals surface area contributed by atoms with E-state index in [-0.39, 0.29) is 18.4 Å². The summed E-state index contributed by atoms with van der Waals surface area (Å²) in [4.78, 5) is 3.55. The summed E-state index contributed by atoms with van der Waals surface area (Å²) in [5.41, 5.74) is 10.2. The fourth-order valence-corrected chi connectivity index (χ4v) is 0.483. The smallest absolute Gasteiger partial charge is 0.260 e. The predicted molar refractivity (Wildman–Crippen MR) is 32.7 cm³/mol. The van der Waals surface area contributed by atoms with Crippen molar-refractivity contribution in [2.24, 2.45) is 5.73 Å². The van der Waals surface area contributed by atoms with Crippen LogP contribution < -0.4 is 11.5 Å². The van der Waals surface area contributed by atoms with Crippen LogP contribution in [0.5, 0.6) is 0 Å². The van der Waals surface area contributed by atoms with Gasteiger partial charge in [-0.3, -0.25) is 0 Å². The van der Waals surface area contributed by atoms with Gasteiger partial charge in [-0.2, -0.15) is 4.98 Å². The van der Waals surface area contributed by atoms with Gasteiger partial charge in [-0.25, -0.2) is 0 Å². The molecule has 56 valence electrons. The first kappa shape index (κ1) is 6.97. The van der Waals surface area contributed by atoms with Crippen LogP contribution in [0.3, 0.4) is 0 Å². The van der Waals surface area contributed by atoms with Crippen LogP contribution in [-0.4, -0.2) is 21.8 Å². The van der Waals surface area contributed by atoms with Gasteiger partial charge in [-0.1, -0.05) is 0 Å². The quantitative estimate of drug-likeness (QED) is 0.473. The number of nitrogens with zero attached hydrogens (tertiary/aromatic N) is 2. The molecule has 6 nitrogen and oxygen atoms in total. The third-order valence-corrected chi connectivity index (χ3v) is 0.966. The average Bonchev–Trinajstić information content (AvgIpc) is 2.34. The number of aliphatic hydroxyl groups is 1. The molecule has 1 rings (SSSR count). The van der Waals surface area contributed by atoms with Gasteiger partial charge >= 0.3 is 0 Å². The Hall–Kier alpha value is -1.14. The first-order valence-corrected chi connectivity index (χ1v) is 2.71. The third-order valence-electron chi connectivity index (χ3n) is 0.966. The van der Waals surface area contributed by atoms with Crippen molar-refractivity contribution >= 4 is 5.95 Å². The topological polar surface area (TPSA) is 111 Å². The van der Waals surface area contributed by atoms with Crippen LogP contribution >= 0.6 is 0 Å². The van der Waals surface area contributed by atoms with Gasteiger partial charge in [0.15, 0.2) is 0 Å². The lowest BCUT2D eigenvalue weighted by Crippen LogP contribution is -2.11. The number of hydrogen-bond acceptors (Lipinski definition) is 6. The maximum absolute atomic E-state index is 8.97. The van der Waals surface area contributed by atoms with Crippen molar-refractivity contribution in [3.05, 3.63) is 5.89 Å². The van der Waals surface area contributed by atoms with E-state index in [1.54, 1.807) is 0 Å². The summed E-state index contributed by atoms with van der Waals surface area (Å²) in [7, 11) is 0. The third kappa shape index (κ3) is 1.23. The summed E-state index contributed by atoms with van der Waals surface area (Å²) in [6.45, 7) is 0.0433. The number of nitrogen functional groups attached to an aromatic ring is 1. The molecule has 5 N–H and O–H groups in total. The van der Waals surface area contributed by atoms with Crippen molar-refractivity contribution in [2.75, 3.05) is 12.3 Å². The van der Waals surface area contributed by atoms with Gasteiger partial charge < -0.3 is 21.1 Å². The molecule has 1 aromatic heterocycles. The standard InChI is InChI=1S/C4H8N4O2/c5-1-2(9)3-7-4(6)8-10-3/h2,9H,1,5H2,(H2,6,8)/t2-/m0/s1. The molecule has 0 aliphatic carbocycles. The van der Waals surface area contributed by atoms with E-state index < -0.39 is 6.10 Å². The Morgan fingerprint density at radius 2 is 2.40 bits per heavy atom. The highest BCUT2D eigenvalue weighted by molar-refractivity contribution is 5.11. The Bertz CT molecular complexity index is 211. The molecule has 6 heteroatoms. The minimum Gasteiger partial charge on any atom is -0.382 e. The number of hydrogen-bond donors (Lipinski definition) is 3. The van der Waals surface area contributed by atoms with Crippen LogP contribution in [0.4, 0.5) is 5.95 Å². The summed E-state index contributed by atoms with van der Waals surface area (Å²) in [5, 5.41) is 12.2.